The number of carbonyl (C=O) groups is 1. The van der Waals surface area contributed by atoms with Gasteiger partial charge in [-0.25, -0.2) is 0 Å². The number of phenolic OH excluding ortho intramolecular Hbond substituents is 1. The number of nitrogens with zero attached hydrogens (tertiary/aromatic N) is 1. The Morgan fingerprint density at radius 2 is 2.33 bits per heavy atom. The quantitative estimate of drug-likeness (QED) is 0.837. The van der Waals surface area contributed by atoms with Crippen LogP contribution in [0.4, 0.5) is 0 Å². The van der Waals surface area contributed by atoms with E-state index in [1.165, 1.54) is 0 Å². The maximum absolute atomic E-state index is 12.3. The van der Waals surface area contributed by atoms with Crippen LogP contribution in [0.1, 0.15) is 28.8 Å². The molecule has 0 saturated carbocycles. The summed E-state index contributed by atoms with van der Waals surface area (Å²) in [6.45, 7) is 3.33. The van der Waals surface area contributed by atoms with E-state index in [0.717, 1.165) is 31.5 Å². The summed E-state index contributed by atoms with van der Waals surface area (Å²) in [5.74, 6) is 1.28. The van der Waals surface area contributed by atoms with Crippen LogP contribution in [0.25, 0.3) is 0 Å². The summed E-state index contributed by atoms with van der Waals surface area (Å²) in [6.07, 6.45) is 2.11. The summed E-state index contributed by atoms with van der Waals surface area (Å²) in [5, 5.41) is 9.47. The van der Waals surface area contributed by atoms with Crippen molar-refractivity contribution in [2.24, 2.45) is 5.92 Å². The van der Waals surface area contributed by atoms with Crippen molar-refractivity contribution in [3.8, 4) is 5.75 Å². The topological polar surface area (TPSA) is 40.5 Å². The molecule has 3 nitrogen and oxygen atoms in total. The normalized spacial score (nSPS) is 19.9. The van der Waals surface area contributed by atoms with Crippen molar-refractivity contribution in [3.05, 3.63) is 29.3 Å². The molecule has 0 aromatic heterocycles. The number of hydrogen-bond acceptors (Lipinski definition) is 2. The number of rotatable bonds is 2. The van der Waals surface area contributed by atoms with Crippen LogP contribution in [0.5, 0.6) is 5.75 Å². The monoisotopic (exact) mass is 267 g/mol. The first kappa shape index (κ1) is 13.2. The third-order valence-corrected chi connectivity index (χ3v) is 3.90. The van der Waals surface area contributed by atoms with Crippen LogP contribution in [0.2, 0.25) is 0 Å². The summed E-state index contributed by atoms with van der Waals surface area (Å²) in [4.78, 5) is 14.2. The molecule has 98 valence electrons. The molecule has 0 radical (unpaired) electrons. The van der Waals surface area contributed by atoms with E-state index in [2.05, 4.69) is 0 Å². The van der Waals surface area contributed by atoms with Gasteiger partial charge in [-0.15, -0.1) is 11.6 Å². The van der Waals surface area contributed by atoms with Gasteiger partial charge in [0.25, 0.3) is 5.91 Å². The summed E-state index contributed by atoms with van der Waals surface area (Å²) in [7, 11) is 0. The third-order valence-electron chi connectivity index (χ3n) is 3.47. The van der Waals surface area contributed by atoms with Crippen molar-refractivity contribution in [2.45, 2.75) is 19.8 Å². The molecule has 1 aliphatic heterocycles. The highest BCUT2D eigenvalue weighted by Gasteiger charge is 2.24. The maximum Gasteiger partial charge on any atom is 0.253 e. The number of piperidine rings is 1. The van der Waals surface area contributed by atoms with Gasteiger partial charge >= 0.3 is 0 Å². The van der Waals surface area contributed by atoms with Crippen molar-refractivity contribution < 1.29 is 9.90 Å². The van der Waals surface area contributed by atoms with Gasteiger partial charge in [0.15, 0.2) is 0 Å². The average molecular weight is 268 g/mol. The van der Waals surface area contributed by atoms with Crippen LogP contribution in [0.3, 0.4) is 0 Å². The van der Waals surface area contributed by atoms with E-state index in [1.54, 1.807) is 25.1 Å². The average Bonchev–Trinajstić information content (AvgIpc) is 2.41. The lowest BCUT2D eigenvalue weighted by Crippen LogP contribution is -2.40. The largest absolute Gasteiger partial charge is 0.508 e. The number of benzene rings is 1. The van der Waals surface area contributed by atoms with Gasteiger partial charge in [-0.3, -0.25) is 4.79 Å². The lowest BCUT2D eigenvalue weighted by Gasteiger charge is -2.32. The number of aryl methyl sites for hydroxylation is 1. The molecular formula is C14H18ClNO2. The molecule has 1 heterocycles. The Balaban J connectivity index is 2.12. The van der Waals surface area contributed by atoms with Gasteiger partial charge in [-0.05, 0) is 49.4 Å². The first-order valence-corrected chi connectivity index (χ1v) is 6.80. The number of amides is 1. The molecule has 4 heteroatoms. The molecule has 18 heavy (non-hydrogen) atoms. The van der Waals surface area contributed by atoms with Crippen molar-refractivity contribution >= 4 is 17.5 Å². The highest BCUT2D eigenvalue weighted by molar-refractivity contribution is 6.18. The number of halogens is 1. The number of alkyl halides is 1. The zero-order valence-electron chi connectivity index (χ0n) is 10.5. The highest BCUT2D eigenvalue weighted by Crippen LogP contribution is 2.22. The molecule has 0 spiro atoms. The first-order valence-electron chi connectivity index (χ1n) is 6.26. The Morgan fingerprint density at radius 1 is 1.56 bits per heavy atom. The van der Waals surface area contributed by atoms with Crippen molar-refractivity contribution in [1.82, 2.24) is 4.90 Å². The molecular weight excluding hydrogens is 250 g/mol. The molecule has 1 saturated heterocycles. The van der Waals surface area contributed by atoms with Gasteiger partial charge in [0.1, 0.15) is 5.75 Å². The predicted molar refractivity (Wildman–Crippen MR) is 72.2 cm³/mol. The SMILES string of the molecule is Cc1cc(C(=O)N2CCCC(CCl)C2)ccc1O. The minimum absolute atomic E-state index is 0.0351. The molecule has 1 atom stereocenters. The molecule has 2 rings (SSSR count). The Bertz CT molecular complexity index is 447. The lowest BCUT2D eigenvalue weighted by atomic mass is 9.99. The van der Waals surface area contributed by atoms with Crippen LogP contribution in [0, 0.1) is 12.8 Å². The second-order valence-corrected chi connectivity index (χ2v) is 5.22. The van der Waals surface area contributed by atoms with Crippen LogP contribution in [-0.4, -0.2) is 34.9 Å². The van der Waals surface area contributed by atoms with Crippen molar-refractivity contribution in [1.29, 1.82) is 0 Å². The van der Waals surface area contributed by atoms with E-state index < -0.39 is 0 Å². The van der Waals surface area contributed by atoms with Crippen LogP contribution in [0.15, 0.2) is 18.2 Å². The Morgan fingerprint density at radius 3 is 3.00 bits per heavy atom. The van der Waals surface area contributed by atoms with E-state index in [1.807, 2.05) is 4.90 Å². The second kappa shape index (κ2) is 5.61. The highest BCUT2D eigenvalue weighted by atomic mass is 35.5. The Kier molecular flexibility index (Phi) is 4.12. The fourth-order valence-electron chi connectivity index (χ4n) is 2.35. The molecule has 1 amide bonds. The summed E-state index contributed by atoms with van der Waals surface area (Å²) in [5.41, 5.74) is 1.37. The standard InChI is InChI=1S/C14H18ClNO2/c1-10-7-12(4-5-13(10)17)14(18)16-6-2-3-11(8-15)9-16/h4-5,7,11,17H,2-3,6,8-9H2,1H3. The van der Waals surface area contributed by atoms with E-state index in [9.17, 15) is 9.90 Å². The number of carbonyl (C=O) groups excluding carboxylic acids is 1. The van der Waals surface area contributed by atoms with Crippen LogP contribution in [-0.2, 0) is 0 Å². The Hall–Kier alpha value is -1.22. The summed E-state index contributed by atoms with van der Waals surface area (Å²) < 4.78 is 0. The van der Waals surface area contributed by atoms with E-state index in [-0.39, 0.29) is 11.7 Å². The molecule has 0 bridgehead atoms. The minimum Gasteiger partial charge on any atom is -0.508 e. The van der Waals surface area contributed by atoms with Crippen LogP contribution >= 0.6 is 11.6 Å². The minimum atomic E-state index is 0.0351. The maximum atomic E-state index is 12.3. The number of likely N-dealkylation sites (tertiary alicyclic amines) is 1. The summed E-state index contributed by atoms with van der Waals surface area (Å²) in [6, 6.07) is 4.99. The third kappa shape index (κ3) is 2.78. The van der Waals surface area contributed by atoms with E-state index in [4.69, 9.17) is 11.6 Å². The van der Waals surface area contributed by atoms with E-state index in [0.29, 0.717) is 17.4 Å². The number of hydrogen-bond donors (Lipinski definition) is 1. The number of aromatic hydroxyl groups is 1. The zero-order valence-corrected chi connectivity index (χ0v) is 11.3. The fraction of sp³-hybridized carbons (Fsp3) is 0.500. The zero-order chi connectivity index (χ0) is 13.1. The first-order chi connectivity index (χ1) is 8.61. The van der Waals surface area contributed by atoms with Gasteiger partial charge in [-0.1, -0.05) is 0 Å². The molecule has 1 unspecified atom stereocenters. The van der Waals surface area contributed by atoms with Gasteiger partial charge in [0, 0.05) is 24.5 Å². The van der Waals surface area contributed by atoms with Gasteiger partial charge in [0.05, 0.1) is 0 Å². The fourth-order valence-corrected chi connectivity index (χ4v) is 2.60. The molecule has 1 aliphatic rings. The van der Waals surface area contributed by atoms with E-state index >= 15 is 0 Å². The molecule has 1 aromatic rings. The second-order valence-electron chi connectivity index (χ2n) is 4.91. The van der Waals surface area contributed by atoms with Crippen LogP contribution < -0.4 is 0 Å². The molecule has 0 aliphatic carbocycles. The molecule has 1 N–H and O–H groups in total. The lowest BCUT2D eigenvalue weighted by molar-refractivity contribution is 0.0684. The summed E-state index contributed by atoms with van der Waals surface area (Å²) >= 11 is 5.87. The molecule has 1 aromatic carbocycles. The van der Waals surface area contributed by atoms with Gasteiger partial charge in [0.2, 0.25) is 0 Å². The van der Waals surface area contributed by atoms with Gasteiger partial charge in [-0.2, -0.15) is 0 Å². The van der Waals surface area contributed by atoms with Crippen molar-refractivity contribution in [2.75, 3.05) is 19.0 Å². The Labute approximate surface area is 112 Å². The van der Waals surface area contributed by atoms with Gasteiger partial charge < -0.3 is 10.0 Å². The number of phenols is 1. The van der Waals surface area contributed by atoms with Crippen molar-refractivity contribution in [3.63, 3.8) is 0 Å². The smallest absolute Gasteiger partial charge is 0.253 e. The molecule has 1 fully saturated rings. The predicted octanol–water partition coefficient (Wildman–Crippen LogP) is 2.79.